The second kappa shape index (κ2) is 72.9. The Morgan fingerprint density at radius 1 is 0.366 bits per heavy atom. The monoisotopic (exact) mass is 1310 g/mol. The van der Waals surface area contributed by atoms with Gasteiger partial charge >= 0.3 is 0 Å². The highest BCUT2D eigenvalue weighted by Crippen LogP contribution is 2.24. The molecule has 6 N–H and O–H groups in total. The minimum absolute atomic E-state index is 0.167. The Kier molecular flexibility index (Phi) is 69.9. The molecule has 0 bridgehead atoms. The van der Waals surface area contributed by atoms with Gasteiger partial charge < -0.3 is 40.3 Å². The van der Waals surface area contributed by atoms with Crippen LogP contribution in [0.2, 0.25) is 0 Å². The summed E-state index contributed by atoms with van der Waals surface area (Å²) in [5, 5.41) is 54.9. The van der Waals surface area contributed by atoms with E-state index in [1.165, 1.54) is 353 Å². The van der Waals surface area contributed by atoms with Gasteiger partial charge in [0.05, 0.1) is 25.4 Å². The number of amides is 1. The summed E-state index contributed by atoms with van der Waals surface area (Å²) < 4.78 is 11.4. The van der Waals surface area contributed by atoms with Gasteiger partial charge in [-0.3, -0.25) is 4.79 Å². The average Bonchev–Trinajstić information content (AvgIpc) is 1.00. The summed E-state index contributed by atoms with van der Waals surface area (Å²) in [5.41, 5.74) is 0. The zero-order valence-corrected chi connectivity index (χ0v) is 61.8. The lowest BCUT2D eigenvalue weighted by molar-refractivity contribution is -0.302. The van der Waals surface area contributed by atoms with E-state index in [2.05, 4.69) is 55.6 Å². The van der Waals surface area contributed by atoms with E-state index in [4.69, 9.17) is 9.47 Å². The van der Waals surface area contributed by atoms with Crippen molar-refractivity contribution in [3.05, 3.63) is 48.6 Å². The van der Waals surface area contributed by atoms with Crippen LogP contribution in [0.4, 0.5) is 0 Å². The zero-order chi connectivity index (χ0) is 67.1. The van der Waals surface area contributed by atoms with Gasteiger partial charge in [-0.05, 0) is 57.8 Å². The number of ether oxygens (including phenoxy) is 2. The van der Waals surface area contributed by atoms with Crippen molar-refractivity contribution in [2.45, 2.75) is 468 Å². The van der Waals surface area contributed by atoms with E-state index in [-0.39, 0.29) is 12.5 Å². The van der Waals surface area contributed by atoms with E-state index >= 15 is 0 Å². The number of rotatable bonds is 74. The molecule has 0 saturated carbocycles. The third-order valence-electron chi connectivity index (χ3n) is 19.9. The highest BCUT2D eigenvalue weighted by molar-refractivity contribution is 5.76. The molecule has 0 radical (unpaired) electrons. The van der Waals surface area contributed by atoms with Crippen molar-refractivity contribution >= 4 is 5.91 Å². The maximum Gasteiger partial charge on any atom is 0.220 e. The lowest BCUT2D eigenvalue weighted by Crippen LogP contribution is -2.60. The maximum atomic E-state index is 13.2. The molecule has 9 heteroatoms. The highest BCUT2D eigenvalue weighted by Gasteiger charge is 2.44. The predicted molar refractivity (Wildman–Crippen MR) is 401 cm³/mol. The van der Waals surface area contributed by atoms with Crippen molar-refractivity contribution in [1.29, 1.82) is 0 Å². The van der Waals surface area contributed by atoms with Gasteiger partial charge in [0.2, 0.25) is 5.91 Å². The van der Waals surface area contributed by atoms with Gasteiger partial charge in [0.15, 0.2) is 6.29 Å². The van der Waals surface area contributed by atoms with Crippen molar-refractivity contribution in [3.63, 3.8) is 0 Å². The fourth-order valence-electron chi connectivity index (χ4n) is 13.5. The molecular formula is C84H159NO8. The number of aliphatic hydroxyl groups excluding tert-OH is 5. The molecule has 1 rings (SSSR count). The van der Waals surface area contributed by atoms with Crippen molar-refractivity contribution < 1.29 is 39.8 Å². The Bertz CT molecular complexity index is 1620. The normalized spacial score (nSPS) is 17.8. The molecule has 93 heavy (non-hydrogen) atoms. The van der Waals surface area contributed by atoms with E-state index in [1.54, 1.807) is 6.08 Å². The fraction of sp³-hybridized carbons (Fsp3) is 0.893. The first-order chi connectivity index (χ1) is 45.8. The van der Waals surface area contributed by atoms with Gasteiger partial charge in [0.1, 0.15) is 24.4 Å². The molecule has 1 amide bonds. The Morgan fingerprint density at radius 2 is 0.634 bits per heavy atom. The molecule has 1 aliphatic heterocycles. The fourth-order valence-corrected chi connectivity index (χ4v) is 13.5. The predicted octanol–water partition coefficient (Wildman–Crippen LogP) is 23.9. The van der Waals surface area contributed by atoms with Gasteiger partial charge in [-0.25, -0.2) is 0 Å². The van der Waals surface area contributed by atoms with Crippen LogP contribution in [-0.4, -0.2) is 87.5 Å². The number of carbonyl (C=O) groups is 1. The van der Waals surface area contributed by atoms with Crippen molar-refractivity contribution in [2.75, 3.05) is 13.2 Å². The minimum Gasteiger partial charge on any atom is -0.394 e. The molecule has 1 saturated heterocycles. The molecule has 548 valence electrons. The molecular weight excluding hydrogens is 1150 g/mol. The molecule has 7 unspecified atom stereocenters. The molecule has 0 spiro atoms. The SMILES string of the molecule is CCCCCCC/C=C\C/C=C\C/C=C\CCCCCCCCCCCCCCCCCCCCCCCCCCCCC(=O)NC(COC1OC(CO)C(O)C(O)C1O)C(O)/C=C/CCCCCCCCCCCCCCCCCCCCCCCCCCCCC. The number of hydrogen-bond donors (Lipinski definition) is 6. The molecule has 1 fully saturated rings. The first-order valence-electron chi connectivity index (χ1n) is 41.4. The van der Waals surface area contributed by atoms with E-state index < -0.39 is 49.5 Å². The van der Waals surface area contributed by atoms with E-state index in [0.29, 0.717) is 6.42 Å². The van der Waals surface area contributed by atoms with Crippen LogP contribution in [0.15, 0.2) is 48.6 Å². The quantitative estimate of drug-likeness (QED) is 0.0261. The van der Waals surface area contributed by atoms with Crippen molar-refractivity contribution in [2.24, 2.45) is 0 Å². The van der Waals surface area contributed by atoms with Gasteiger partial charge in [-0.15, -0.1) is 0 Å². The van der Waals surface area contributed by atoms with Crippen LogP contribution in [0, 0.1) is 0 Å². The van der Waals surface area contributed by atoms with Gasteiger partial charge in [0.25, 0.3) is 0 Å². The van der Waals surface area contributed by atoms with Crippen molar-refractivity contribution in [1.82, 2.24) is 5.32 Å². The van der Waals surface area contributed by atoms with Crippen LogP contribution in [0.3, 0.4) is 0 Å². The molecule has 1 aliphatic rings. The molecule has 7 atom stereocenters. The Hall–Kier alpha value is -1.85. The van der Waals surface area contributed by atoms with Gasteiger partial charge in [-0.1, -0.05) is 409 Å². The van der Waals surface area contributed by atoms with E-state index in [9.17, 15) is 30.3 Å². The van der Waals surface area contributed by atoms with Crippen LogP contribution in [0.25, 0.3) is 0 Å². The molecule has 9 nitrogen and oxygen atoms in total. The Balaban J connectivity index is 2.04. The van der Waals surface area contributed by atoms with Crippen LogP contribution in [-0.2, 0) is 14.3 Å². The van der Waals surface area contributed by atoms with Crippen LogP contribution >= 0.6 is 0 Å². The van der Waals surface area contributed by atoms with Crippen molar-refractivity contribution in [3.8, 4) is 0 Å². The number of carbonyl (C=O) groups excluding carboxylic acids is 1. The topological polar surface area (TPSA) is 149 Å². The largest absolute Gasteiger partial charge is 0.394 e. The first-order valence-corrected chi connectivity index (χ1v) is 41.4. The number of unbranched alkanes of at least 4 members (excludes halogenated alkanes) is 58. The summed E-state index contributed by atoms with van der Waals surface area (Å²) in [5.74, 6) is -0.167. The number of allylic oxidation sites excluding steroid dienone is 7. The molecule has 0 aromatic heterocycles. The number of aliphatic hydroxyl groups is 5. The molecule has 1 heterocycles. The van der Waals surface area contributed by atoms with Gasteiger partial charge in [-0.2, -0.15) is 0 Å². The summed E-state index contributed by atoms with van der Waals surface area (Å²) >= 11 is 0. The van der Waals surface area contributed by atoms with E-state index in [0.717, 1.165) is 51.4 Å². The summed E-state index contributed by atoms with van der Waals surface area (Å²) in [6.07, 6.45) is 94.2. The third kappa shape index (κ3) is 61.0. The lowest BCUT2D eigenvalue weighted by atomic mass is 9.99. The lowest BCUT2D eigenvalue weighted by Gasteiger charge is -2.40. The number of nitrogens with one attached hydrogen (secondary N) is 1. The number of hydrogen-bond acceptors (Lipinski definition) is 8. The summed E-state index contributed by atoms with van der Waals surface area (Å²) in [6.45, 7) is 3.83. The zero-order valence-electron chi connectivity index (χ0n) is 61.8. The molecule has 0 aromatic carbocycles. The highest BCUT2D eigenvalue weighted by atomic mass is 16.7. The summed E-state index contributed by atoms with van der Waals surface area (Å²) in [7, 11) is 0. The smallest absolute Gasteiger partial charge is 0.220 e. The Morgan fingerprint density at radius 3 is 0.935 bits per heavy atom. The van der Waals surface area contributed by atoms with Crippen LogP contribution < -0.4 is 5.32 Å². The van der Waals surface area contributed by atoms with Gasteiger partial charge in [0, 0.05) is 6.42 Å². The van der Waals surface area contributed by atoms with E-state index in [1.807, 2.05) is 6.08 Å². The second-order valence-corrected chi connectivity index (χ2v) is 28.9. The molecule has 0 aliphatic carbocycles. The summed E-state index contributed by atoms with van der Waals surface area (Å²) in [4.78, 5) is 13.2. The average molecular weight is 1310 g/mol. The maximum absolute atomic E-state index is 13.2. The first kappa shape index (κ1) is 89.2. The third-order valence-corrected chi connectivity index (χ3v) is 19.9. The van der Waals surface area contributed by atoms with Crippen LogP contribution in [0.1, 0.15) is 425 Å². The minimum atomic E-state index is -1.57. The van der Waals surface area contributed by atoms with Crippen LogP contribution in [0.5, 0.6) is 0 Å². The second-order valence-electron chi connectivity index (χ2n) is 28.9. The molecule has 0 aromatic rings. The standard InChI is InChI=1S/C84H159NO8/c1-3-5-7-9-11-13-15-17-19-21-23-25-27-29-31-33-34-35-36-37-38-39-40-41-42-43-44-46-48-50-52-54-56-58-60-62-64-66-68-70-72-74-80(88)85-77(76-92-84-83(91)82(90)81(89)79(75-86)93-84)78(87)73-71-69-67-65-63-61-59-57-55-53-51-49-47-45-32-30-28-26-24-22-20-18-16-14-12-10-8-6-4-2/h15,17,21,23,27,29,71,73,77-79,81-84,86-87,89-91H,3-14,16,18-20,22,24-26,28,30-70,72,74-76H2,1-2H3,(H,85,88)/b17-15-,23-21-,29-27-,73-71+. The Labute approximate surface area is 577 Å². The summed E-state index contributed by atoms with van der Waals surface area (Å²) in [6, 6.07) is -0.806.